The van der Waals surface area contributed by atoms with Gasteiger partial charge in [-0.05, 0) is 24.8 Å². The minimum Gasteiger partial charge on any atom is -0.238 e. The SMILES string of the molecule is c1ccc(CC2CCCC[N]2)cc1. The monoisotopic (exact) mass is 174 g/mol. The zero-order chi connectivity index (χ0) is 8.93. The van der Waals surface area contributed by atoms with Crippen molar-refractivity contribution in [3.63, 3.8) is 0 Å². The van der Waals surface area contributed by atoms with Crippen LogP contribution in [-0.2, 0) is 6.42 Å². The Kier molecular flexibility index (Phi) is 2.98. The molecule has 1 saturated heterocycles. The number of nitrogens with zero attached hydrogens (tertiary/aromatic N) is 1. The van der Waals surface area contributed by atoms with Gasteiger partial charge in [0, 0.05) is 12.6 Å². The molecule has 0 N–H and O–H groups in total. The molecule has 1 aliphatic rings. The van der Waals surface area contributed by atoms with Crippen LogP contribution in [0.4, 0.5) is 0 Å². The second-order valence-corrected chi connectivity index (χ2v) is 3.75. The smallest absolute Gasteiger partial charge is 0.0286 e. The second-order valence-electron chi connectivity index (χ2n) is 3.75. The highest BCUT2D eigenvalue weighted by Gasteiger charge is 2.13. The molecule has 0 spiro atoms. The molecule has 0 aromatic heterocycles. The summed E-state index contributed by atoms with van der Waals surface area (Å²) < 4.78 is 0. The molecule has 2 rings (SSSR count). The van der Waals surface area contributed by atoms with Gasteiger partial charge >= 0.3 is 0 Å². The summed E-state index contributed by atoms with van der Waals surface area (Å²) in [5.74, 6) is 0. The quantitative estimate of drug-likeness (QED) is 0.653. The van der Waals surface area contributed by atoms with Gasteiger partial charge in [-0.25, -0.2) is 5.32 Å². The predicted molar refractivity (Wildman–Crippen MR) is 54.8 cm³/mol. The highest BCUT2D eigenvalue weighted by molar-refractivity contribution is 5.15. The Bertz CT molecular complexity index is 237. The Morgan fingerprint density at radius 3 is 2.69 bits per heavy atom. The van der Waals surface area contributed by atoms with Crippen molar-refractivity contribution in [3.05, 3.63) is 35.9 Å². The first-order valence-electron chi connectivity index (χ1n) is 5.16. The molecule has 1 fully saturated rings. The van der Waals surface area contributed by atoms with E-state index in [0.717, 1.165) is 13.0 Å². The Morgan fingerprint density at radius 1 is 1.15 bits per heavy atom. The molecule has 1 nitrogen and oxygen atoms in total. The fourth-order valence-electron chi connectivity index (χ4n) is 1.91. The van der Waals surface area contributed by atoms with Crippen molar-refractivity contribution in [1.82, 2.24) is 5.32 Å². The van der Waals surface area contributed by atoms with Crippen LogP contribution in [-0.4, -0.2) is 12.6 Å². The molecule has 1 heteroatoms. The van der Waals surface area contributed by atoms with Gasteiger partial charge in [-0.2, -0.15) is 0 Å². The molecule has 0 bridgehead atoms. The lowest BCUT2D eigenvalue weighted by Crippen LogP contribution is -2.29. The van der Waals surface area contributed by atoms with Gasteiger partial charge in [-0.3, -0.25) is 0 Å². The number of rotatable bonds is 2. The van der Waals surface area contributed by atoms with E-state index < -0.39 is 0 Å². The van der Waals surface area contributed by atoms with Crippen LogP contribution in [0.5, 0.6) is 0 Å². The van der Waals surface area contributed by atoms with E-state index >= 15 is 0 Å². The molecule has 1 aromatic carbocycles. The predicted octanol–water partition coefficient (Wildman–Crippen LogP) is 2.39. The minimum atomic E-state index is 0.594. The highest BCUT2D eigenvalue weighted by atomic mass is 14.9. The molecule has 1 aromatic rings. The molecular weight excluding hydrogens is 158 g/mol. The molecule has 1 radical (unpaired) electrons. The van der Waals surface area contributed by atoms with E-state index in [-0.39, 0.29) is 0 Å². The summed E-state index contributed by atoms with van der Waals surface area (Å²) in [6, 6.07) is 11.3. The summed E-state index contributed by atoms with van der Waals surface area (Å²) in [6.45, 7) is 1.08. The zero-order valence-electron chi connectivity index (χ0n) is 7.95. The van der Waals surface area contributed by atoms with E-state index in [9.17, 15) is 0 Å². The van der Waals surface area contributed by atoms with Crippen molar-refractivity contribution in [2.75, 3.05) is 6.54 Å². The highest BCUT2D eigenvalue weighted by Crippen LogP contribution is 2.13. The van der Waals surface area contributed by atoms with Gasteiger partial charge in [-0.1, -0.05) is 36.8 Å². The van der Waals surface area contributed by atoms with E-state index in [4.69, 9.17) is 0 Å². The van der Waals surface area contributed by atoms with Crippen LogP contribution in [0.15, 0.2) is 30.3 Å². The molecule has 0 saturated carbocycles. The Morgan fingerprint density at radius 2 is 2.00 bits per heavy atom. The Labute approximate surface area is 80.2 Å². The molecule has 1 unspecified atom stereocenters. The first-order chi connectivity index (χ1) is 6.45. The van der Waals surface area contributed by atoms with Crippen molar-refractivity contribution >= 4 is 0 Å². The number of benzene rings is 1. The third-order valence-electron chi connectivity index (χ3n) is 2.65. The van der Waals surface area contributed by atoms with Crippen molar-refractivity contribution in [2.45, 2.75) is 31.7 Å². The molecule has 1 heterocycles. The molecule has 1 atom stereocenters. The van der Waals surface area contributed by atoms with Crippen LogP contribution in [0.3, 0.4) is 0 Å². The van der Waals surface area contributed by atoms with Crippen LogP contribution in [0, 0.1) is 0 Å². The lowest BCUT2D eigenvalue weighted by molar-refractivity contribution is 0.391. The summed E-state index contributed by atoms with van der Waals surface area (Å²) >= 11 is 0. The number of hydrogen-bond donors (Lipinski definition) is 0. The van der Waals surface area contributed by atoms with E-state index in [1.54, 1.807) is 0 Å². The van der Waals surface area contributed by atoms with E-state index in [1.807, 2.05) is 0 Å². The average Bonchev–Trinajstić information content (AvgIpc) is 2.21. The van der Waals surface area contributed by atoms with Crippen molar-refractivity contribution < 1.29 is 0 Å². The Hall–Kier alpha value is -0.820. The van der Waals surface area contributed by atoms with Crippen LogP contribution in [0.2, 0.25) is 0 Å². The van der Waals surface area contributed by atoms with Gasteiger partial charge in [0.05, 0.1) is 0 Å². The summed E-state index contributed by atoms with van der Waals surface area (Å²) in [5.41, 5.74) is 1.43. The van der Waals surface area contributed by atoms with Crippen LogP contribution < -0.4 is 5.32 Å². The van der Waals surface area contributed by atoms with Gasteiger partial charge in [0.2, 0.25) is 0 Å². The Balaban J connectivity index is 1.90. The minimum absolute atomic E-state index is 0.594. The second kappa shape index (κ2) is 4.43. The summed E-state index contributed by atoms with van der Waals surface area (Å²) in [5, 5.41) is 4.62. The molecular formula is C12H16N. The average molecular weight is 174 g/mol. The number of hydrogen-bond acceptors (Lipinski definition) is 0. The van der Waals surface area contributed by atoms with Crippen LogP contribution >= 0.6 is 0 Å². The van der Waals surface area contributed by atoms with Crippen LogP contribution in [0.1, 0.15) is 24.8 Å². The lowest BCUT2D eigenvalue weighted by Gasteiger charge is -2.21. The fourth-order valence-corrected chi connectivity index (χ4v) is 1.91. The zero-order valence-corrected chi connectivity index (χ0v) is 7.95. The van der Waals surface area contributed by atoms with Crippen LogP contribution in [0.25, 0.3) is 0 Å². The van der Waals surface area contributed by atoms with E-state index in [1.165, 1.54) is 24.8 Å². The topological polar surface area (TPSA) is 14.1 Å². The van der Waals surface area contributed by atoms with E-state index in [2.05, 4.69) is 35.6 Å². The third kappa shape index (κ3) is 2.56. The summed E-state index contributed by atoms with van der Waals surface area (Å²) in [7, 11) is 0. The van der Waals surface area contributed by atoms with Gasteiger partial charge in [0.25, 0.3) is 0 Å². The normalized spacial score (nSPS) is 22.9. The maximum absolute atomic E-state index is 4.62. The van der Waals surface area contributed by atoms with E-state index in [0.29, 0.717) is 6.04 Å². The van der Waals surface area contributed by atoms with Gasteiger partial charge in [0.1, 0.15) is 0 Å². The van der Waals surface area contributed by atoms with Crippen molar-refractivity contribution in [1.29, 1.82) is 0 Å². The standard InChI is InChI=1S/C12H16N/c1-2-6-11(7-3-1)10-12-8-4-5-9-13-12/h1-3,6-7,12H,4-5,8-10H2. The van der Waals surface area contributed by atoms with Gasteiger partial charge in [-0.15, -0.1) is 0 Å². The molecule has 0 aliphatic carbocycles. The number of piperidine rings is 1. The maximum atomic E-state index is 4.62. The van der Waals surface area contributed by atoms with Crippen molar-refractivity contribution in [2.24, 2.45) is 0 Å². The molecule has 13 heavy (non-hydrogen) atoms. The lowest BCUT2D eigenvalue weighted by atomic mass is 9.98. The van der Waals surface area contributed by atoms with Gasteiger partial charge < -0.3 is 0 Å². The first-order valence-corrected chi connectivity index (χ1v) is 5.16. The molecule has 69 valence electrons. The molecule has 0 amide bonds. The maximum Gasteiger partial charge on any atom is 0.0286 e. The van der Waals surface area contributed by atoms with Crippen molar-refractivity contribution in [3.8, 4) is 0 Å². The summed E-state index contributed by atoms with van der Waals surface area (Å²) in [4.78, 5) is 0. The summed E-state index contributed by atoms with van der Waals surface area (Å²) in [6.07, 6.45) is 5.09. The third-order valence-corrected chi connectivity index (χ3v) is 2.65. The molecule has 1 aliphatic heterocycles. The van der Waals surface area contributed by atoms with Gasteiger partial charge in [0.15, 0.2) is 0 Å². The largest absolute Gasteiger partial charge is 0.238 e. The first kappa shape index (κ1) is 8.76. The fraction of sp³-hybridized carbons (Fsp3) is 0.500.